The summed E-state index contributed by atoms with van der Waals surface area (Å²) in [5, 5.41) is 0. The summed E-state index contributed by atoms with van der Waals surface area (Å²) in [7, 11) is -3.96. The summed E-state index contributed by atoms with van der Waals surface area (Å²) < 4.78 is 15.9. The molecule has 1 unspecified atom stereocenters. The molecule has 0 aliphatic rings. The summed E-state index contributed by atoms with van der Waals surface area (Å²) in [4.78, 5) is 20.6. The van der Waals surface area contributed by atoms with E-state index in [1.807, 2.05) is 0 Å². The Morgan fingerprint density at radius 1 is 1.32 bits per heavy atom. The van der Waals surface area contributed by atoms with Gasteiger partial charge < -0.3 is 4.89 Å². The van der Waals surface area contributed by atoms with Crippen LogP contribution in [0, 0.1) is 5.92 Å². The maximum atomic E-state index is 11.6. The van der Waals surface area contributed by atoms with E-state index in [4.69, 9.17) is 14.9 Å². The molecule has 5 nitrogen and oxygen atoms in total. The summed E-state index contributed by atoms with van der Waals surface area (Å²) in [5.74, 6) is 0.875. The second kappa shape index (κ2) is 8.15. The van der Waals surface area contributed by atoms with Crippen LogP contribution in [0.25, 0.3) is 0 Å². The second-order valence-electron chi connectivity index (χ2n) is 6.09. The number of hydrogen-bond donors (Lipinski definition) is 2. The average molecular weight is 293 g/mol. The summed E-state index contributed by atoms with van der Waals surface area (Å²) >= 11 is 0. The first-order chi connectivity index (χ1) is 8.52. The van der Waals surface area contributed by atoms with Crippen LogP contribution in [0.15, 0.2) is 0 Å². The molecule has 0 bridgehead atoms. The van der Waals surface area contributed by atoms with Gasteiger partial charge in [0.1, 0.15) is 5.78 Å². The van der Waals surface area contributed by atoms with Gasteiger partial charge in [-0.05, 0) is 39.0 Å². The molecule has 0 aromatic rings. The van der Waals surface area contributed by atoms with Gasteiger partial charge in [-0.3, -0.25) is 9.32 Å². The van der Waals surface area contributed by atoms with Gasteiger partial charge >= 0.3 is 7.75 Å². The standard InChI is InChI=1S/C13H28NO4P/c1-11(2)7-5-8-12(15)9-6-10-13(3,4)18-19(14,16)17/h11H,5-10H2,1-4H3,(H3,14,16,17). The molecule has 0 spiro atoms. The van der Waals surface area contributed by atoms with Crippen molar-refractivity contribution in [3.8, 4) is 0 Å². The van der Waals surface area contributed by atoms with E-state index in [1.165, 1.54) is 0 Å². The molecule has 0 fully saturated rings. The Hall–Kier alpha value is -0.220. The Morgan fingerprint density at radius 2 is 1.84 bits per heavy atom. The number of carbonyl (C=O) groups excluding carboxylic acids is 1. The van der Waals surface area contributed by atoms with Gasteiger partial charge in [0.2, 0.25) is 0 Å². The summed E-state index contributed by atoms with van der Waals surface area (Å²) in [6.07, 6.45) is 4.30. The van der Waals surface area contributed by atoms with Crippen molar-refractivity contribution < 1.29 is 18.8 Å². The van der Waals surface area contributed by atoms with Gasteiger partial charge in [0.05, 0.1) is 5.60 Å². The minimum absolute atomic E-state index is 0.247. The van der Waals surface area contributed by atoms with Crippen LogP contribution in [0.5, 0.6) is 0 Å². The maximum absolute atomic E-state index is 11.6. The molecule has 0 saturated carbocycles. The van der Waals surface area contributed by atoms with Gasteiger partial charge in [-0.2, -0.15) is 0 Å². The summed E-state index contributed by atoms with van der Waals surface area (Å²) in [5.41, 5.74) is 4.19. The SMILES string of the molecule is CC(C)CCCC(=O)CCCC(C)(C)OP(N)(=O)O. The van der Waals surface area contributed by atoms with E-state index in [9.17, 15) is 9.36 Å². The molecule has 0 heterocycles. The van der Waals surface area contributed by atoms with Crippen molar-refractivity contribution in [2.24, 2.45) is 11.4 Å². The number of rotatable bonds is 10. The quantitative estimate of drug-likeness (QED) is 0.602. The van der Waals surface area contributed by atoms with E-state index in [-0.39, 0.29) is 5.78 Å². The Bertz CT molecular complexity index is 323. The van der Waals surface area contributed by atoms with Crippen LogP contribution in [-0.4, -0.2) is 16.3 Å². The maximum Gasteiger partial charge on any atom is 0.400 e. The van der Waals surface area contributed by atoms with Crippen molar-refractivity contribution in [3.05, 3.63) is 0 Å². The first kappa shape index (κ1) is 18.8. The monoisotopic (exact) mass is 293 g/mol. The fourth-order valence-electron chi connectivity index (χ4n) is 1.94. The van der Waals surface area contributed by atoms with E-state index < -0.39 is 13.3 Å². The number of Topliss-reactive ketones (excluding diaryl/α,β-unsaturated/α-hetero) is 1. The molecule has 114 valence electrons. The molecular formula is C13H28NO4P. The molecule has 0 aliphatic heterocycles. The lowest BCUT2D eigenvalue weighted by Crippen LogP contribution is -2.24. The molecule has 0 aromatic carbocycles. The van der Waals surface area contributed by atoms with Crippen LogP contribution in [0.4, 0.5) is 0 Å². The van der Waals surface area contributed by atoms with Gasteiger partial charge in [-0.25, -0.2) is 10.1 Å². The van der Waals surface area contributed by atoms with Crippen LogP contribution in [0.1, 0.15) is 66.2 Å². The fourth-order valence-corrected chi connectivity index (χ4v) is 2.74. The Kier molecular flexibility index (Phi) is 8.06. The number of carbonyl (C=O) groups is 1. The molecule has 3 N–H and O–H groups in total. The third kappa shape index (κ3) is 12.6. The molecule has 0 aromatic heterocycles. The number of nitrogens with two attached hydrogens (primary N) is 1. The summed E-state index contributed by atoms with van der Waals surface area (Å²) in [6, 6.07) is 0. The second-order valence-corrected chi connectivity index (χ2v) is 7.40. The number of ketones is 1. The molecule has 0 amide bonds. The van der Waals surface area contributed by atoms with Gasteiger partial charge in [0, 0.05) is 12.8 Å². The van der Waals surface area contributed by atoms with Crippen LogP contribution >= 0.6 is 7.75 Å². The third-order valence-corrected chi connectivity index (χ3v) is 3.61. The van der Waals surface area contributed by atoms with Crippen LogP contribution in [-0.2, 0) is 13.9 Å². The highest BCUT2D eigenvalue weighted by Gasteiger charge is 2.27. The smallest absolute Gasteiger partial charge is 0.313 e. The van der Waals surface area contributed by atoms with Gasteiger partial charge in [0.15, 0.2) is 0 Å². The van der Waals surface area contributed by atoms with E-state index >= 15 is 0 Å². The minimum Gasteiger partial charge on any atom is -0.313 e. The van der Waals surface area contributed by atoms with E-state index in [0.29, 0.717) is 31.6 Å². The topological polar surface area (TPSA) is 89.6 Å². The highest BCUT2D eigenvalue weighted by Crippen LogP contribution is 2.39. The van der Waals surface area contributed by atoms with Gasteiger partial charge in [0.25, 0.3) is 0 Å². The zero-order valence-electron chi connectivity index (χ0n) is 12.5. The van der Waals surface area contributed by atoms with Crippen molar-refractivity contribution in [2.75, 3.05) is 0 Å². The number of hydrogen-bond acceptors (Lipinski definition) is 3. The van der Waals surface area contributed by atoms with Gasteiger partial charge in [-0.1, -0.05) is 20.3 Å². The molecule has 1 atom stereocenters. The highest BCUT2D eigenvalue weighted by atomic mass is 31.2. The van der Waals surface area contributed by atoms with Crippen molar-refractivity contribution in [2.45, 2.75) is 71.8 Å². The lowest BCUT2D eigenvalue weighted by atomic mass is 9.98. The van der Waals surface area contributed by atoms with Crippen LogP contribution in [0.3, 0.4) is 0 Å². The lowest BCUT2D eigenvalue weighted by Gasteiger charge is -2.25. The molecule has 19 heavy (non-hydrogen) atoms. The summed E-state index contributed by atoms with van der Waals surface area (Å²) in [6.45, 7) is 7.69. The molecule has 0 aliphatic carbocycles. The van der Waals surface area contributed by atoms with Crippen LogP contribution in [0.2, 0.25) is 0 Å². The fraction of sp³-hybridized carbons (Fsp3) is 0.923. The molecule has 6 heteroatoms. The van der Waals surface area contributed by atoms with Crippen molar-refractivity contribution in [1.82, 2.24) is 0 Å². The molecular weight excluding hydrogens is 265 g/mol. The molecule has 0 radical (unpaired) electrons. The zero-order valence-corrected chi connectivity index (χ0v) is 13.4. The zero-order chi connectivity index (χ0) is 15.1. The first-order valence-corrected chi connectivity index (χ1v) is 8.50. The Labute approximate surface area is 116 Å². The van der Waals surface area contributed by atoms with Crippen molar-refractivity contribution in [3.63, 3.8) is 0 Å². The highest BCUT2D eigenvalue weighted by molar-refractivity contribution is 7.50. The van der Waals surface area contributed by atoms with E-state index in [0.717, 1.165) is 12.8 Å². The predicted octanol–water partition coefficient (Wildman–Crippen LogP) is 3.41. The Morgan fingerprint density at radius 3 is 2.32 bits per heavy atom. The largest absolute Gasteiger partial charge is 0.400 e. The van der Waals surface area contributed by atoms with Crippen molar-refractivity contribution in [1.29, 1.82) is 0 Å². The molecule has 0 rings (SSSR count). The third-order valence-electron chi connectivity index (χ3n) is 2.85. The predicted molar refractivity (Wildman–Crippen MR) is 76.7 cm³/mol. The van der Waals surface area contributed by atoms with E-state index in [2.05, 4.69) is 13.8 Å². The minimum atomic E-state index is -3.96. The van der Waals surface area contributed by atoms with Crippen LogP contribution < -0.4 is 5.50 Å². The van der Waals surface area contributed by atoms with Crippen molar-refractivity contribution >= 4 is 13.5 Å². The Balaban J connectivity index is 3.83. The normalized spacial score (nSPS) is 15.5. The van der Waals surface area contributed by atoms with Gasteiger partial charge in [-0.15, -0.1) is 0 Å². The molecule has 0 saturated heterocycles. The van der Waals surface area contributed by atoms with E-state index in [1.54, 1.807) is 13.8 Å². The average Bonchev–Trinajstić information content (AvgIpc) is 2.12. The first-order valence-electron chi connectivity index (χ1n) is 6.86. The lowest BCUT2D eigenvalue weighted by molar-refractivity contribution is -0.119.